The van der Waals surface area contributed by atoms with Crippen LogP contribution in [0.25, 0.3) is 0 Å². The number of aromatic nitrogens is 4. The Morgan fingerprint density at radius 3 is 2.74 bits per heavy atom. The summed E-state index contributed by atoms with van der Waals surface area (Å²) in [6.45, 7) is 0. The Bertz CT molecular complexity index is 580. The molecule has 0 saturated heterocycles. The fraction of sp³-hybridized carbons (Fsp3) is 0.385. The first-order valence-electron chi connectivity index (χ1n) is 6.24. The van der Waals surface area contributed by atoms with Crippen LogP contribution < -0.4 is 10.5 Å². The van der Waals surface area contributed by atoms with Crippen molar-refractivity contribution >= 4 is 5.95 Å². The molecule has 98 valence electrons. The Hall–Kier alpha value is -2.24. The summed E-state index contributed by atoms with van der Waals surface area (Å²) in [4.78, 5) is 17.0. The van der Waals surface area contributed by atoms with Crippen LogP contribution in [0.1, 0.15) is 36.0 Å². The van der Waals surface area contributed by atoms with Gasteiger partial charge in [0.2, 0.25) is 11.8 Å². The molecular weight excluding hydrogens is 242 g/mol. The standard InChI is InChI=1S/C13H15N5O/c1-19-11-5-2-8(7-15-11)6-10-16-12(9-3-4-9)18-13(14)17-10/h2,5,7,9H,3-4,6H2,1H3,(H2,14,16,17,18). The van der Waals surface area contributed by atoms with Gasteiger partial charge in [-0.05, 0) is 18.4 Å². The van der Waals surface area contributed by atoms with Gasteiger partial charge < -0.3 is 10.5 Å². The molecule has 0 aromatic carbocycles. The Morgan fingerprint density at radius 1 is 1.26 bits per heavy atom. The van der Waals surface area contributed by atoms with Gasteiger partial charge in [-0.3, -0.25) is 0 Å². The number of hydrogen-bond acceptors (Lipinski definition) is 6. The first-order valence-corrected chi connectivity index (χ1v) is 6.24. The van der Waals surface area contributed by atoms with E-state index < -0.39 is 0 Å². The summed E-state index contributed by atoms with van der Waals surface area (Å²) in [5.74, 6) is 2.88. The molecule has 2 heterocycles. The molecule has 0 radical (unpaired) electrons. The largest absolute Gasteiger partial charge is 0.481 e. The highest BCUT2D eigenvalue weighted by Gasteiger charge is 2.27. The summed E-state index contributed by atoms with van der Waals surface area (Å²) in [5, 5.41) is 0. The second-order valence-corrected chi connectivity index (χ2v) is 4.63. The van der Waals surface area contributed by atoms with Crippen LogP contribution in [-0.4, -0.2) is 27.0 Å². The van der Waals surface area contributed by atoms with Crippen LogP contribution >= 0.6 is 0 Å². The van der Waals surface area contributed by atoms with Gasteiger partial charge in [-0.25, -0.2) is 9.97 Å². The van der Waals surface area contributed by atoms with Gasteiger partial charge in [0.1, 0.15) is 11.6 Å². The Labute approximate surface area is 111 Å². The van der Waals surface area contributed by atoms with Crippen LogP contribution in [0, 0.1) is 0 Å². The minimum absolute atomic E-state index is 0.299. The van der Waals surface area contributed by atoms with Crippen molar-refractivity contribution in [1.82, 2.24) is 19.9 Å². The Morgan fingerprint density at radius 2 is 2.11 bits per heavy atom. The van der Waals surface area contributed by atoms with Crippen molar-refractivity contribution in [3.8, 4) is 5.88 Å². The summed E-state index contributed by atoms with van der Waals surface area (Å²) in [6, 6.07) is 3.77. The van der Waals surface area contributed by atoms with E-state index >= 15 is 0 Å². The third-order valence-electron chi connectivity index (χ3n) is 3.03. The third-order valence-corrected chi connectivity index (χ3v) is 3.03. The van der Waals surface area contributed by atoms with Gasteiger partial charge in [0.05, 0.1) is 7.11 Å². The molecular formula is C13H15N5O. The zero-order chi connectivity index (χ0) is 13.2. The molecule has 0 unspecified atom stereocenters. The van der Waals surface area contributed by atoms with E-state index in [1.165, 1.54) is 0 Å². The Balaban J connectivity index is 1.81. The van der Waals surface area contributed by atoms with E-state index in [0.29, 0.717) is 30.0 Å². The van der Waals surface area contributed by atoms with Crippen molar-refractivity contribution in [2.75, 3.05) is 12.8 Å². The molecule has 2 aromatic heterocycles. The maximum absolute atomic E-state index is 5.73. The normalized spacial score (nSPS) is 14.4. The van der Waals surface area contributed by atoms with E-state index in [9.17, 15) is 0 Å². The van der Waals surface area contributed by atoms with Crippen molar-refractivity contribution in [1.29, 1.82) is 0 Å². The molecule has 19 heavy (non-hydrogen) atoms. The number of anilines is 1. The van der Waals surface area contributed by atoms with Gasteiger partial charge in [0.15, 0.2) is 0 Å². The van der Waals surface area contributed by atoms with Crippen molar-refractivity contribution in [3.63, 3.8) is 0 Å². The van der Waals surface area contributed by atoms with Crippen LogP contribution in [0.2, 0.25) is 0 Å². The highest BCUT2D eigenvalue weighted by molar-refractivity contribution is 5.24. The first kappa shape index (κ1) is 11.8. The van der Waals surface area contributed by atoms with Gasteiger partial charge in [0.25, 0.3) is 0 Å². The number of ether oxygens (including phenoxy) is 1. The highest BCUT2D eigenvalue weighted by Crippen LogP contribution is 2.38. The predicted octanol–water partition coefficient (Wildman–Crippen LogP) is 1.33. The van der Waals surface area contributed by atoms with E-state index in [4.69, 9.17) is 10.5 Å². The summed E-state index contributed by atoms with van der Waals surface area (Å²) in [6.07, 6.45) is 4.65. The molecule has 0 amide bonds. The number of rotatable bonds is 4. The Kier molecular flexibility index (Phi) is 2.98. The van der Waals surface area contributed by atoms with E-state index in [2.05, 4.69) is 19.9 Å². The molecule has 0 bridgehead atoms. The zero-order valence-electron chi connectivity index (χ0n) is 10.7. The number of methoxy groups -OCH3 is 1. The molecule has 1 saturated carbocycles. The molecule has 0 aliphatic heterocycles. The number of nitrogens with two attached hydrogens (primary N) is 1. The smallest absolute Gasteiger partial charge is 0.223 e. The summed E-state index contributed by atoms with van der Waals surface area (Å²) < 4.78 is 5.02. The van der Waals surface area contributed by atoms with Gasteiger partial charge in [-0.2, -0.15) is 9.97 Å². The lowest BCUT2D eigenvalue weighted by Crippen LogP contribution is -2.07. The third kappa shape index (κ3) is 2.78. The zero-order valence-corrected chi connectivity index (χ0v) is 10.7. The molecule has 3 rings (SSSR count). The van der Waals surface area contributed by atoms with E-state index in [-0.39, 0.29) is 0 Å². The van der Waals surface area contributed by atoms with Crippen molar-refractivity contribution in [3.05, 3.63) is 35.5 Å². The summed E-state index contributed by atoms with van der Waals surface area (Å²) >= 11 is 0. The van der Waals surface area contributed by atoms with Crippen LogP contribution in [0.4, 0.5) is 5.95 Å². The minimum Gasteiger partial charge on any atom is -0.481 e. The van der Waals surface area contributed by atoms with Gasteiger partial charge in [0, 0.05) is 24.6 Å². The SMILES string of the molecule is COc1ccc(Cc2nc(N)nc(C3CC3)n2)cn1. The lowest BCUT2D eigenvalue weighted by atomic mass is 10.2. The first-order chi connectivity index (χ1) is 9.24. The lowest BCUT2D eigenvalue weighted by molar-refractivity contribution is 0.397. The summed E-state index contributed by atoms with van der Waals surface area (Å²) in [5.41, 5.74) is 6.75. The predicted molar refractivity (Wildman–Crippen MR) is 69.8 cm³/mol. The average molecular weight is 257 g/mol. The number of nitrogen functional groups attached to an aromatic ring is 1. The van der Waals surface area contributed by atoms with Crippen LogP contribution in [0.5, 0.6) is 5.88 Å². The molecule has 1 aliphatic carbocycles. The quantitative estimate of drug-likeness (QED) is 0.889. The molecule has 1 fully saturated rings. The number of hydrogen-bond donors (Lipinski definition) is 1. The second kappa shape index (κ2) is 4.79. The van der Waals surface area contributed by atoms with E-state index in [0.717, 1.165) is 24.2 Å². The highest BCUT2D eigenvalue weighted by atomic mass is 16.5. The molecule has 6 heteroatoms. The topological polar surface area (TPSA) is 86.8 Å². The number of pyridine rings is 1. The fourth-order valence-corrected chi connectivity index (χ4v) is 1.88. The van der Waals surface area contributed by atoms with E-state index in [1.807, 2.05) is 12.1 Å². The average Bonchev–Trinajstić information content (AvgIpc) is 3.23. The molecule has 2 N–H and O–H groups in total. The maximum Gasteiger partial charge on any atom is 0.223 e. The molecule has 0 spiro atoms. The van der Waals surface area contributed by atoms with Crippen LogP contribution in [0.3, 0.4) is 0 Å². The maximum atomic E-state index is 5.73. The van der Waals surface area contributed by atoms with Gasteiger partial charge >= 0.3 is 0 Å². The molecule has 2 aromatic rings. The minimum atomic E-state index is 0.299. The van der Waals surface area contributed by atoms with E-state index in [1.54, 1.807) is 13.3 Å². The van der Waals surface area contributed by atoms with Crippen molar-refractivity contribution in [2.24, 2.45) is 0 Å². The molecule has 6 nitrogen and oxygen atoms in total. The van der Waals surface area contributed by atoms with Gasteiger partial charge in [-0.15, -0.1) is 0 Å². The van der Waals surface area contributed by atoms with Crippen LogP contribution in [0.15, 0.2) is 18.3 Å². The van der Waals surface area contributed by atoms with Crippen molar-refractivity contribution < 1.29 is 4.74 Å². The second-order valence-electron chi connectivity index (χ2n) is 4.63. The van der Waals surface area contributed by atoms with Crippen LogP contribution in [-0.2, 0) is 6.42 Å². The monoisotopic (exact) mass is 257 g/mol. The number of nitrogens with zero attached hydrogens (tertiary/aromatic N) is 4. The van der Waals surface area contributed by atoms with Crippen molar-refractivity contribution in [2.45, 2.75) is 25.2 Å². The fourth-order valence-electron chi connectivity index (χ4n) is 1.88. The summed E-state index contributed by atoms with van der Waals surface area (Å²) in [7, 11) is 1.59. The molecule has 0 atom stereocenters. The van der Waals surface area contributed by atoms with Gasteiger partial charge in [-0.1, -0.05) is 6.07 Å². The lowest BCUT2D eigenvalue weighted by Gasteiger charge is -2.04. The molecule has 1 aliphatic rings.